The molecule has 0 unspecified atom stereocenters. The highest BCUT2D eigenvalue weighted by atomic mass is 16.5. The Bertz CT molecular complexity index is 554. The van der Waals surface area contributed by atoms with Crippen LogP contribution in [0.3, 0.4) is 0 Å². The van der Waals surface area contributed by atoms with Crippen LogP contribution in [0.2, 0.25) is 0 Å². The van der Waals surface area contributed by atoms with E-state index in [9.17, 15) is 0 Å². The monoisotopic (exact) mass is 259 g/mol. The zero-order valence-electron chi connectivity index (χ0n) is 11.8. The van der Waals surface area contributed by atoms with Crippen molar-refractivity contribution in [3.05, 3.63) is 30.0 Å². The lowest BCUT2D eigenvalue weighted by Crippen LogP contribution is -2.13. The molecule has 0 atom stereocenters. The molecule has 0 spiro atoms. The number of hydrogen-bond acceptors (Lipinski definition) is 4. The predicted molar refractivity (Wildman–Crippen MR) is 80.1 cm³/mol. The van der Waals surface area contributed by atoms with Gasteiger partial charge in [0.1, 0.15) is 5.75 Å². The van der Waals surface area contributed by atoms with Crippen LogP contribution < -0.4 is 15.4 Å². The van der Waals surface area contributed by atoms with Crippen molar-refractivity contribution in [2.24, 2.45) is 0 Å². The molecule has 0 saturated carbocycles. The molecule has 0 radical (unpaired) electrons. The lowest BCUT2D eigenvalue weighted by atomic mass is 10.1. The minimum absolute atomic E-state index is 0.858. The molecule has 1 aromatic carbocycles. The maximum absolute atomic E-state index is 5.29. The van der Waals surface area contributed by atoms with Crippen LogP contribution in [0.4, 0.5) is 5.69 Å². The predicted octanol–water partition coefficient (Wildman–Crippen LogP) is 2.57. The Morgan fingerprint density at radius 1 is 1.21 bits per heavy atom. The second-order valence-corrected chi connectivity index (χ2v) is 4.58. The zero-order chi connectivity index (χ0) is 13.7. The molecule has 102 valence electrons. The normalized spacial score (nSPS) is 10.7. The van der Waals surface area contributed by atoms with Crippen LogP contribution in [0, 0.1) is 6.92 Å². The van der Waals surface area contributed by atoms with E-state index in [1.54, 1.807) is 7.11 Å². The number of fused-ring (bicyclic) bond motifs is 1. The summed E-state index contributed by atoms with van der Waals surface area (Å²) < 4.78 is 5.29. The van der Waals surface area contributed by atoms with Crippen LogP contribution >= 0.6 is 0 Å². The summed E-state index contributed by atoms with van der Waals surface area (Å²) in [5.41, 5.74) is 3.14. The van der Waals surface area contributed by atoms with Crippen molar-refractivity contribution in [2.75, 3.05) is 32.6 Å². The van der Waals surface area contributed by atoms with Crippen LogP contribution in [-0.4, -0.2) is 32.2 Å². The molecule has 2 rings (SSSR count). The minimum atomic E-state index is 0.858. The molecule has 0 amide bonds. The van der Waals surface area contributed by atoms with Crippen molar-refractivity contribution < 1.29 is 4.74 Å². The molecular weight excluding hydrogens is 238 g/mol. The molecule has 0 aliphatic carbocycles. The van der Waals surface area contributed by atoms with Crippen LogP contribution in [0.1, 0.15) is 12.1 Å². The van der Waals surface area contributed by atoms with Gasteiger partial charge < -0.3 is 15.4 Å². The highest BCUT2D eigenvalue weighted by molar-refractivity contribution is 5.92. The first-order chi connectivity index (χ1) is 9.24. The largest absolute Gasteiger partial charge is 0.497 e. The Morgan fingerprint density at radius 2 is 2.05 bits per heavy atom. The summed E-state index contributed by atoms with van der Waals surface area (Å²) in [4.78, 5) is 4.55. The topological polar surface area (TPSA) is 46.2 Å². The second-order valence-electron chi connectivity index (χ2n) is 4.58. The van der Waals surface area contributed by atoms with Crippen molar-refractivity contribution in [3.8, 4) is 5.75 Å². The number of aromatic nitrogens is 1. The fourth-order valence-electron chi connectivity index (χ4n) is 2.10. The molecule has 1 aromatic heterocycles. The number of aryl methyl sites for hydroxylation is 1. The summed E-state index contributed by atoms with van der Waals surface area (Å²) in [6, 6.07) is 8.06. The number of pyridine rings is 1. The Kier molecular flexibility index (Phi) is 4.58. The third kappa shape index (κ3) is 3.35. The first-order valence-electron chi connectivity index (χ1n) is 6.58. The van der Waals surface area contributed by atoms with Crippen molar-refractivity contribution in [1.82, 2.24) is 10.3 Å². The van der Waals surface area contributed by atoms with Gasteiger partial charge in [-0.25, -0.2) is 0 Å². The number of hydrogen-bond donors (Lipinski definition) is 2. The van der Waals surface area contributed by atoms with Gasteiger partial charge in [0.15, 0.2) is 0 Å². The first kappa shape index (κ1) is 13.6. The number of anilines is 1. The Morgan fingerprint density at radius 3 is 2.79 bits per heavy atom. The summed E-state index contributed by atoms with van der Waals surface area (Å²) in [5, 5.41) is 7.73. The fraction of sp³-hybridized carbons (Fsp3) is 0.400. The molecule has 0 bridgehead atoms. The average Bonchev–Trinajstić information content (AvgIpc) is 2.43. The summed E-state index contributed by atoms with van der Waals surface area (Å²) in [6.45, 7) is 3.97. The van der Waals surface area contributed by atoms with Gasteiger partial charge in [0.2, 0.25) is 0 Å². The number of benzene rings is 1. The molecule has 2 N–H and O–H groups in total. The zero-order valence-corrected chi connectivity index (χ0v) is 11.8. The Hall–Kier alpha value is -1.81. The number of nitrogens with one attached hydrogen (secondary N) is 2. The SMILES string of the molecule is CNCCCNc1cc(C)nc2ccc(OC)cc12. The van der Waals surface area contributed by atoms with E-state index in [0.29, 0.717) is 0 Å². The summed E-state index contributed by atoms with van der Waals surface area (Å²) >= 11 is 0. The van der Waals surface area contributed by atoms with Gasteiger partial charge >= 0.3 is 0 Å². The van der Waals surface area contributed by atoms with Crippen LogP contribution in [-0.2, 0) is 0 Å². The molecule has 0 fully saturated rings. The molecule has 2 aromatic rings. The third-order valence-corrected chi connectivity index (χ3v) is 3.06. The molecule has 4 nitrogen and oxygen atoms in total. The van der Waals surface area contributed by atoms with Crippen LogP contribution in [0.5, 0.6) is 5.75 Å². The quantitative estimate of drug-likeness (QED) is 0.783. The highest BCUT2D eigenvalue weighted by Crippen LogP contribution is 2.27. The molecule has 19 heavy (non-hydrogen) atoms. The van der Waals surface area contributed by atoms with Crippen molar-refractivity contribution in [1.29, 1.82) is 0 Å². The van der Waals surface area contributed by atoms with Gasteiger partial charge in [0.25, 0.3) is 0 Å². The van der Waals surface area contributed by atoms with Gasteiger partial charge in [-0.2, -0.15) is 0 Å². The number of ether oxygens (including phenoxy) is 1. The summed E-state index contributed by atoms with van der Waals surface area (Å²) in [7, 11) is 3.65. The Balaban J connectivity index is 2.28. The van der Waals surface area contributed by atoms with Gasteiger partial charge in [-0.1, -0.05) is 0 Å². The van der Waals surface area contributed by atoms with E-state index < -0.39 is 0 Å². The highest BCUT2D eigenvalue weighted by Gasteiger charge is 2.05. The lowest BCUT2D eigenvalue weighted by molar-refractivity contribution is 0.415. The van der Waals surface area contributed by atoms with Gasteiger partial charge in [0, 0.05) is 23.3 Å². The molecule has 0 aliphatic heterocycles. The molecule has 1 heterocycles. The molecule has 4 heteroatoms. The second kappa shape index (κ2) is 6.38. The fourth-order valence-corrected chi connectivity index (χ4v) is 2.10. The lowest BCUT2D eigenvalue weighted by Gasteiger charge is -2.11. The van der Waals surface area contributed by atoms with Gasteiger partial charge in [-0.15, -0.1) is 0 Å². The van der Waals surface area contributed by atoms with Gasteiger partial charge in [-0.3, -0.25) is 4.98 Å². The van der Waals surface area contributed by atoms with E-state index >= 15 is 0 Å². The first-order valence-corrected chi connectivity index (χ1v) is 6.58. The van der Waals surface area contributed by atoms with E-state index in [0.717, 1.165) is 47.5 Å². The van der Waals surface area contributed by atoms with Crippen LogP contribution in [0.25, 0.3) is 10.9 Å². The van der Waals surface area contributed by atoms with Gasteiger partial charge in [0.05, 0.1) is 12.6 Å². The molecular formula is C15H21N3O. The number of methoxy groups -OCH3 is 1. The van der Waals surface area contributed by atoms with Crippen LogP contribution in [0.15, 0.2) is 24.3 Å². The Labute approximate surface area is 114 Å². The summed E-state index contributed by atoms with van der Waals surface area (Å²) in [6.07, 6.45) is 1.09. The van der Waals surface area contributed by atoms with E-state index in [1.165, 1.54) is 0 Å². The maximum Gasteiger partial charge on any atom is 0.119 e. The number of nitrogens with zero attached hydrogens (tertiary/aromatic N) is 1. The minimum Gasteiger partial charge on any atom is -0.497 e. The summed E-state index contributed by atoms with van der Waals surface area (Å²) in [5.74, 6) is 0.858. The van der Waals surface area contributed by atoms with E-state index in [1.807, 2.05) is 32.2 Å². The average molecular weight is 259 g/mol. The standard InChI is InChI=1S/C15H21N3O/c1-11-9-15(17-8-4-7-16-2)13-10-12(19-3)5-6-14(13)18-11/h5-6,9-10,16H,4,7-8H2,1-3H3,(H,17,18). The smallest absolute Gasteiger partial charge is 0.119 e. The van der Waals surface area contributed by atoms with E-state index in [2.05, 4.69) is 21.7 Å². The third-order valence-electron chi connectivity index (χ3n) is 3.06. The van der Waals surface area contributed by atoms with Crippen molar-refractivity contribution in [2.45, 2.75) is 13.3 Å². The molecule has 0 aliphatic rings. The number of rotatable bonds is 6. The maximum atomic E-state index is 5.29. The van der Waals surface area contributed by atoms with Crippen molar-refractivity contribution in [3.63, 3.8) is 0 Å². The van der Waals surface area contributed by atoms with E-state index in [-0.39, 0.29) is 0 Å². The van der Waals surface area contributed by atoms with Crippen molar-refractivity contribution >= 4 is 16.6 Å². The van der Waals surface area contributed by atoms with E-state index in [4.69, 9.17) is 4.74 Å². The van der Waals surface area contributed by atoms with Gasteiger partial charge in [-0.05, 0) is 51.2 Å². The molecule has 0 saturated heterocycles.